The van der Waals surface area contributed by atoms with Crippen molar-refractivity contribution in [2.75, 3.05) is 6.54 Å². The van der Waals surface area contributed by atoms with Crippen LogP contribution in [0.5, 0.6) is 5.75 Å². The number of ether oxygens (including phenoxy) is 1. The number of rotatable bonds is 5. The minimum atomic E-state index is -0.864. The summed E-state index contributed by atoms with van der Waals surface area (Å²) in [5.74, 6) is -0.990. The van der Waals surface area contributed by atoms with Crippen LogP contribution < -0.4 is 10.5 Å². The van der Waals surface area contributed by atoms with Crippen molar-refractivity contribution >= 4 is 0 Å². The van der Waals surface area contributed by atoms with Crippen molar-refractivity contribution in [3.63, 3.8) is 0 Å². The van der Waals surface area contributed by atoms with Crippen LogP contribution in [0.2, 0.25) is 0 Å². The molecule has 2 aromatic carbocycles. The summed E-state index contributed by atoms with van der Waals surface area (Å²) in [5.41, 5.74) is 8.32. The lowest BCUT2D eigenvalue weighted by Gasteiger charge is -2.12. The number of nitrogens with two attached hydrogens (primary N) is 1. The van der Waals surface area contributed by atoms with Gasteiger partial charge in [-0.2, -0.15) is 0 Å². The van der Waals surface area contributed by atoms with Crippen molar-refractivity contribution in [2.45, 2.75) is 20.0 Å². The predicted octanol–water partition coefficient (Wildman–Crippen LogP) is 3.35. The third-order valence-corrected chi connectivity index (χ3v) is 3.01. The minimum absolute atomic E-state index is 0.192. The Morgan fingerprint density at radius 3 is 2.55 bits per heavy atom. The standard InChI is InChI=1S/C16H17F2NO/c1-11-2-5-16(13(8-11)6-7-19)20-10-12-3-4-14(17)15(18)9-12/h2-5,8-9H,6-7,10,19H2,1H3. The molecule has 0 spiro atoms. The van der Waals surface area contributed by atoms with Crippen molar-refractivity contribution in [1.29, 1.82) is 0 Å². The maximum absolute atomic E-state index is 13.1. The second kappa shape index (κ2) is 6.48. The molecule has 0 saturated carbocycles. The van der Waals surface area contributed by atoms with Gasteiger partial charge in [-0.25, -0.2) is 8.78 Å². The van der Waals surface area contributed by atoms with E-state index in [-0.39, 0.29) is 6.61 Å². The molecule has 0 heterocycles. The average molecular weight is 277 g/mol. The van der Waals surface area contributed by atoms with Gasteiger partial charge in [0.05, 0.1) is 0 Å². The molecule has 0 aliphatic carbocycles. The van der Waals surface area contributed by atoms with Crippen LogP contribution in [0, 0.1) is 18.6 Å². The largest absolute Gasteiger partial charge is 0.489 e. The molecule has 2 rings (SSSR count). The zero-order valence-corrected chi connectivity index (χ0v) is 11.3. The highest BCUT2D eigenvalue weighted by molar-refractivity contribution is 5.37. The van der Waals surface area contributed by atoms with E-state index < -0.39 is 11.6 Å². The first kappa shape index (κ1) is 14.5. The van der Waals surface area contributed by atoms with Crippen LogP contribution in [0.25, 0.3) is 0 Å². The lowest BCUT2D eigenvalue weighted by atomic mass is 10.1. The van der Waals surface area contributed by atoms with Gasteiger partial charge in [0.25, 0.3) is 0 Å². The molecule has 0 amide bonds. The van der Waals surface area contributed by atoms with E-state index in [2.05, 4.69) is 0 Å². The SMILES string of the molecule is Cc1ccc(OCc2ccc(F)c(F)c2)c(CCN)c1. The summed E-state index contributed by atoms with van der Waals surface area (Å²) in [7, 11) is 0. The van der Waals surface area contributed by atoms with Gasteiger partial charge in [-0.1, -0.05) is 23.8 Å². The zero-order valence-electron chi connectivity index (χ0n) is 11.3. The lowest BCUT2D eigenvalue weighted by Crippen LogP contribution is -2.06. The van der Waals surface area contributed by atoms with E-state index in [0.717, 1.165) is 35.4 Å². The molecule has 0 bridgehead atoms. The molecule has 0 radical (unpaired) electrons. The second-order valence-corrected chi connectivity index (χ2v) is 4.69. The Morgan fingerprint density at radius 2 is 1.85 bits per heavy atom. The van der Waals surface area contributed by atoms with Gasteiger partial charge in [0.2, 0.25) is 0 Å². The molecule has 2 nitrogen and oxygen atoms in total. The summed E-state index contributed by atoms with van der Waals surface area (Å²) in [6.45, 7) is 2.72. The Hall–Kier alpha value is -1.94. The smallest absolute Gasteiger partial charge is 0.159 e. The highest BCUT2D eigenvalue weighted by Crippen LogP contribution is 2.22. The first-order valence-corrected chi connectivity index (χ1v) is 6.46. The van der Waals surface area contributed by atoms with Crippen molar-refractivity contribution in [3.8, 4) is 5.75 Å². The molecule has 0 aliphatic heterocycles. The molecular weight excluding hydrogens is 260 g/mol. The highest BCUT2D eigenvalue weighted by Gasteiger charge is 2.06. The third-order valence-electron chi connectivity index (χ3n) is 3.01. The first-order valence-electron chi connectivity index (χ1n) is 6.46. The molecule has 2 aromatic rings. The summed E-state index contributed by atoms with van der Waals surface area (Å²) in [4.78, 5) is 0. The third kappa shape index (κ3) is 3.54. The predicted molar refractivity (Wildman–Crippen MR) is 74.6 cm³/mol. The zero-order chi connectivity index (χ0) is 14.5. The Morgan fingerprint density at radius 1 is 1.05 bits per heavy atom. The number of benzene rings is 2. The number of aryl methyl sites for hydroxylation is 1. The number of hydrogen-bond donors (Lipinski definition) is 1. The second-order valence-electron chi connectivity index (χ2n) is 4.69. The van der Waals surface area contributed by atoms with Crippen molar-refractivity contribution in [3.05, 3.63) is 64.7 Å². The summed E-state index contributed by atoms with van der Waals surface area (Å²) in [5, 5.41) is 0. The summed E-state index contributed by atoms with van der Waals surface area (Å²) >= 11 is 0. The van der Waals surface area contributed by atoms with Gasteiger partial charge < -0.3 is 10.5 Å². The van der Waals surface area contributed by atoms with E-state index in [9.17, 15) is 8.78 Å². The van der Waals surface area contributed by atoms with E-state index in [1.54, 1.807) is 0 Å². The molecule has 0 saturated heterocycles. The fourth-order valence-electron chi connectivity index (χ4n) is 1.99. The first-order chi connectivity index (χ1) is 9.60. The van der Waals surface area contributed by atoms with Crippen LogP contribution >= 0.6 is 0 Å². The van der Waals surface area contributed by atoms with E-state index in [1.807, 2.05) is 25.1 Å². The van der Waals surface area contributed by atoms with Gasteiger partial charge in [0.15, 0.2) is 11.6 Å². The Balaban J connectivity index is 2.11. The molecule has 4 heteroatoms. The molecule has 20 heavy (non-hydrogen) atoms. The van der Waals surface area contributed by atoms with Crippen LogP contribution in [-0.2, 0) is 13.0 Å². The normalized spacial score (nSPS) is 10.6. The molecule has 106 valence electrons. The monoisotopic (exact) mass is 277 g/mol. The van der Waals surface area contributed by atoms with Gasteiger partial charge in [0, 0.05) is 0 Å². The molecule has 0 fully saturated rings. The molecule has 0 aliphatic rings. The van der Waals surface area contributed by atoms with E-state index in [1.165, 1.54) is 6.07 Å². The van der Waals surface area contributed by atoms with E-state index >= 15 is 0 Å². The van der Waals surface area contributed by atoms with Crippen molar-refractivity contribution in [2.24, 2.45) is 5.73 Å². The summed E-state index contributed by atoms with van der Waals surface area (Å²) in [6.07, 6.45) is 0.717. The van der Waals surface area contributed by atoms with Crippen molar-refractivity contribution < 1.29 is 13.5 Å². The Bertz CT molecular complexity index is 599. The summed E-state index contributed by atoms with van der Waals surface area (Å²) < 4.78 is 31.6. The highest BCUT2D eigenvalue weighted by atomic mass is 19.2. The van der Waals surface area contributed by atoms with Gasteiger partial charge in [-0.15, -0.1) is 0 Å². The quantitative estimate of drug-likeness (QED) is 0.909. The topological polar surface area (TPSA) is 35.2 Å². The average Bonchev–Trinajstić information content (AvgIpc) is 2.42. The van der Waals surface area contributed by atoms with Crippen LogP contribution in [0.15, 0.2) is 36.4 Å². The van der Waals surface area contributed by atoms with E-state index in [0.29, 0.717) is 12.1 Å². The van der Waals surface area contributed by atoms with Crippen LogP contribution in [0.3, 0.4) is 0 Å². The van der Waals surface area contributed by atoms with Crippen LogP contribution in [0.4, 0.5) is 8.78 Å². The molecule has 0 unspecified atom stereocenters. The van der Waals surface area contributed by atoms with Gasteiger partial charge in [-0.3, -0.25) is 0 Å². The Kier molecular flexibility index (Phi) is 4.69. The van der Waals surface area contributed by atoms with Crippen LogP contribution in [0.1, 0.15) is 16.7 Å². The minimum Gasteiger partial charge on any atom is -0.489 e. The van der Waals surface area contributed by atoms with Crippen molar-refractivity contribution in [1.82, 2.24) is 0 Å². The molecule has 0 aromatic heterocycles. The maximum atomic E-state index is 13.1. The lowest BCUT2D eigenvalue weighted by molar-refractivity contribution is 0.302. The maximum Gasteiger partial charge on any atom is 0.159 e. The van der Waals surface area contributed by atoms with Gasteiger partial charge in [0.1, 0.15) is 12.4 Å². The van der Waals surface area contributed by atoms with Gasteiger partial charge in [-0.05, 0) is 49.2 Å². The fraction of sp³-hybridized carbons (Fsp3) is 0.250. The molecule has 0 atom stereocenters. The van der Waals surface area contributed by atoms with Crippen LogP contribution in [-0.4, -0.2) is 6.54 Å². The summed E-state index contributed by atoms with van der Waals surface area (Å²) in [6, 6.07) is 9.60. The number of halogens is 2. The Labute approximate surface area is 117 Å². The molecule has 2 N–H and O–H groups in total. The van der Waals surface area contributed by atoms with E-state index in [4.69, 9.17) is 10.5 Å². The van der Waals surface area contributed by atoms with Gasteiger partial charge >= 0.3 is 0 Å². The number of hydrogen-bond acceptors (Lipinski definition) is 2. The fourth-order valence-corrected chi connectivity index (χ4v) is 1.99. The molecular formula is C16H17F2NO.